The van der Waals surface area contributed by atoms with E-state index < -0.39 is 0 Å². The number of hydrogen-bond acceptors (Lipinski definition) is 1. The summed E-state index contributed by atoms with van der Waals surface area (Å²) in [6.07, 6.45) is 7.89. The number of nitrogens with zero attached hydrogens (tertiary/aromatic N) is 1. The smallest absolute Gasteiger partial charge is 0.246 e. The summed E-state index contributed by atoms with van der Waals surface area (Å²) in [4.78, 5) is 14.0. The summed E-state index contributed by atoms with van der Waals surface area (Å²) < 4.78 is 12.8. The van der Waals surface area contributed by atoms with Gasteiger partial charge in [-0.2, -0.15) is 0 Å². The molecular formula is C17H22FNO. The molecule has 108 valence electrons. The van der Waals surface area contributed by atoms with Crippen LogP contribution in [0.4, 0.5) is 4.39 Å². The molecule has 0 saturated heterocycles. The Morgan fingerprint density at radius 3 is 2.40 bits per heavy atom. The second-order valence-corrected chi connectivity index (χ2v) is 5.75. The summed E-state index contributed by atoms with van der Waals surface area (Å²) in [5, 5.41) is 0. The fraction of sp³-hybridized carbons (Fsp3) is 0.471. The first-order chi connectivity index (χ1) is 9.56. The highest BCUT2D eigenvalue weighted by Crippen LogP contribution is 2.26. The predicted octanol–water partition coefficient (Wildman–Crippen LogP) is 3.88. The van der Waals surface area contributed by atoms with Crippen LogP contribution in [-0.4, -0.2) is 23.9 Å². The van der Waals surface area contributed by atoms with Crippen molar-refractivity contribution in [2.45, 2.75) is 38.6 Å². The molecule has 0 aliphatic heterocycles. The van der Waals surface area contributed by atoms with Gasteiger partial charge in [0.1, 0.15) is 5.82 Å². The van der Waals surface area contributed by atoms with Crippen molar-refractivity contribution in [3.8, 4) is 0 Å². The Bertz CT molecular complexity index is 472. The Labute approximate surface area is 120 Å². The first-order valence-corrected chi connectivity index (χ1v) is 7.26. The number of benzene rings is 1. The largest absolute Gasteiger partial charge is 0.339 e. The molecule has 1 aromatic rings. The highest BCUT2D eigenvalue weighted by molar-refractivity contribution is 5.91. The van der Waals surface area contributed by atoms with E-state index in [1.54, 1.807) is 24.3 Å². The molecule has 0 radical (unpaired) electrons. The first-order valence-electron chi connectivity index (χ1n) is 7.26. The van der Waals surface area contributed by atoms with E-state index in [4.69, 9.17) is 0 Å². The van der Waals surface area contributed by atoms with Crippen LogP contribution < -0.4 is 0 Å². The van der Waals surface area contributed by atoms with Gasteiger partial charge in [0.2, 0.25) is 5.91 Å². The van der Waals surface area contributed by atoms with Gasteiger partial charge in [-0.25, -0.2) is 4.39 Å². The van der Waals surface area contributed by atoms with Crippen molar-refractivity contribution in [2.75, 3.05) is 7.05 Å². The second kappa shape index (κ2) is 6.69. The number of carbonyl (C=O) groups excluding carboxylic acids is 1. The van der Waals surface area contributed by atoms with Gasteiger partial charge in [-0.3, -0.25) is 4.79 Å². The minimum absolute atomic E-state index is 0.0221. The second-order valence-electron chi connectivity index (χ2n) is 5.75. The summed E-state index contributed by atoms with van der Waals surface area (Å²) >= 11 is 0. The lowest BCUT2D eigenvalue weighted by atomic mass is 9.87. The first kappa shape index (κ1) is 14.8. The van der Waals surface area contributed by atoms with E-state index in [0.717, 1.165) is 24.3 Å². The van der Waals surface area contributed by atoms with Gasteiger partial charge in [0.15, 0.2) is 0 Å². The Balaban J connectivity index is 1.92. The van der Waals surface area contributed by atoms with Gasteiger partial charge in [0.05, 0.1) is 0 Å². The quantitative estimate of drug-likeness (QED) is 0.767. The van der Waals surface area contributed by atoms with Gasteiger partial charge in [-0.05, 0) is 55.4 Å². The monoisotopic (exact) mass is 275 g/mol. The van der Waals surface area contributed by atoms with Crippen LogP contribution in [0, 0.1) is 11.7 Å². The highest BCUT2D eigenvalue weighted by Gasteiger charge is 2.23. The van der Waals surface area contributed by atoms with Crippen LogP contribution in [-0.2, 0) is 4.79 Å². The SMILES string of the molecule is CC1CCC(N(C)C(=O)/C=C/c2ccc(F)cc2)CC1. The Hall–Kier alpha value is -1.64. The summed E-state index contributed by atoms with van der Waals surface area (Å²) in [7, 11) is 1.87. The number of amides is 1. The van der Waals surface area contributed by atoms with Crippen LogP contribution in [0.25, 0.3) is 6.08 Å². The molecule has 3 heteroatoms. The van der Waals surface area contributed by atoms with Crippen molar-refractivity contribution in [1.29, 1.82) is 0 Å². The van der Waals surface area contributed by atoms with E-state index in [0.29, 0.717) is 6.04 Å². The average molecular weight is 275 g/mol. The number of hydrogen-bond donors (Lipinski definition) is 0. The van der Waals surface area contributed by atoms with Crippen LogP contribution in [0.3, 0.4) is 0 Å². The Morgan fingerprint density at radius 2 is 1.80 bits per heavy atom. The highest BCUT2D eigenvalue weighted by atomic mass is 19.1. The van der Waals surface area contributed by atoms with E-state index >= 15 is 0 Å². The van der Waals surface area contributed by atoms with E-state index in [-0.39, 0.29) is 11.7 Å². The molecule has 1 amide bonds. The van der Waals surface area contributed by atoms with Crippen LogP contribution in [0.5, 0.6) is 0 Å². The zero-order valence-electron chi connectivity index (χ0n) is 12.2. The van der Waals surface area contributed by atoms with E-state index in [9.17, 15) is 9.18 Å². The minimum atomic E-state index is -0.262. The molecule has 1 fully saturated rings. The molecule has 0 unspecified atom stereocenters. The lowest BCUT2D eigenvalue weighted by Gasteiger charge is -2.33. The van der Waals surface area contributed by atoms with Gasteiger partial charge in [0.25, 0.3) is 0 Å². The summed E-state index contributed by atoms with van der Waals surface area (Å²) in [5.74, 6) is 0.542. The van der Waals surface area contributed by atoms with Crippen LogP contribution in [0.15, 0.2) is 30.3 Å². The molecule has 1 aliphatic carbocycles. The third kappa shape index (κ3) is 3.92. The van der Waals surface area contributed by atoms with Crippen molar-refractivity contribution in [2.24, 2.45) is 5.92 Å². The molecule has 0 heterocycles. The Morgan fingerprint density at radius 1 is 1.20 bits per heavy atom. The zero-order chi connectivity index (χ0) is 14.5. The third-order valence-corrected chi connectivity index (χ3v) is 4.17. The van der Waals surface area contributed by atoms with E-state index in [1.165, 1.54) is 25.0 Å². The van der Waals surface area contributed by atoms with Crippen LogP contribution >= 0.6 is 0 Å². The summed E-state index contributed by atoms with van der Waals surface area (Å²) in [6, 6.07) is 6.49. The van der Waals surface area contributed by atoms with Gasteiger partial charge in [-0.15, -0.1) is 0 Å². The van der Waals surface area contributed by atoms with Crippen molar-refractivity contribution < 1.29 is 9.18 Å². The van der Waals surface area contributed by atoms with Crippen molar-refractivity contribution in [1.82, 2.24) is 4.90 Å². The maximum atomic E-state index is 12.8. The molecule has 0 atom stereocenters. The van der Waals surface area contributed by atoms with Gasteiger partial charge >= 0.3 is 0 Å². The fourth-order valence-corrected chi connectivity index (χ4v) is 2.67. The minimum Gasteiger partial charge on any atom is -0.339 e. The molecule has 1 aromatic carbocycles. The average Bonchev–Trinajstić information content (AvgIpc) is 2.46. The molecule has 2 rings (SSSR count). The van der Waals surface area contributed by atoms with Crippen molar-refractivity contribution >= 4 is 12.0 Å². The zero-order valence-corrected chi connectivity index (χ0v) is 12.2. The normalized spacial score (nSPS) is 22.9. The van der Waals surface area contributed by atoms with Gasteiger partial charge in [0, 0.05) is 19.2 Å². The topological polar surface area (TPSA) is 20.3 Å². The molecule has 0 bridgehead atoms. The summed E-state index contributed by atoms with van der Waals surface area (Å²) in [5.41, 5.74) is 0.838. The molecule has 0 N–H and O–H groups in total. The van der Waals surface area contributed by atoms with Crippen LogP contribution in [0.2, 0.25) is 0 Å². The number of likely N-dealkylation sites (N-methyl/N-ethyl adjacent to an activating group) is 1. The van der Waals surface area contributed by atoms with Gasteiger partial charge in [-0.1, -0.05) is 19.1 Å². The molecule has 1 aliphatic rings. The lowest BCUT2D eigenvalue weighted by molar-refractivity contribution is -0.127. The maximum absolute atomic E-state index is 12.8. The van der Waals surface area contributed by atoms with E-state index in [1.807, 2.05) is 11.9 Å². The van der Waals surface area contributed by atoms with E-state index in [2.05, 4.69) is 6.92 Å². The Kier molecular flexibility index (Phi) is 4.94. The molecule has 1 saturated carbocycles. The van der Waals surface area contributed by atoms with Crippen molar-refractivity contribution in [3.05, 3.63) is 41.7 Å². The predicted molar refractivity (Wildman–Crippen MR) is 79.6 cm³/mol. The number of halogens is 1. The number of rotatable bonds is 3. The standard InChI is InChI=1S/C17H22FNO/c1-13-3-10-16(11-4-13)19(2)17(20)12-7-14-5-8-15(18)9-6-14/h5-9,12-13,16H,3-4,10-11H2,1-2H3/b12-7+. The van der Waals surface area contributed by atoms with Crippen LogP contribution in [0.1, 0.15) is 38.2 Å². The molecule has 2 nitrogen and oxygen atoms in total. The fourth-order valence-electron chi connectivity index (χ4n) is 2.67. The molecular weight excluding hydrogens is 253 g/mol. The molecule has 0 aromatic heterocycles. The summed E-state index contributed by atoms with van der Waals surface area (Å²) in [6.45, 7) is 2.27. The van der Waals surface area contributed by atoms with Crippen molar-refractivity contribution in [3.63, 3.8) is 0 Å². The van der Waals surface area contributed by atoms with Gasteiger partial charge < -0.3 is 4.90 Å². The molecule has 20 heavy (non-hydrogen) atoms. The third-order valence-electron chi connectivity index (χ3n) is 4.17. The molecule has 0 spiro atoms. The number of carbonyl (C=O) groups is 1. The lowest BCUT2D eigenvalue weighted by Crippen LogP contribution is -2.38. The maximum Gasteiger partial charge on any atom is 0.246 e.